The molecule has 0 aliphatic rings. The normalized spacial score (nSPS) is 10.9. The first-order valence-corrected chi connectivity index (χ1v) is 8.37. The zero-order valence-electron chi connectivity index (χ0n) is 14.6. The number of ether oxygens (including phenoxy) is 1. The summed E-state index contributed by atoms with van der Waals surface area (Å²) in [6, 6.07) is 11.4. The topological polar surface area (TPSA) is 81.5 Å². The molecule has 7 nitrogen and oxygen atoms in total. The van der Waals surface area contributed by atoms with Gasteiger partial charge in [0.2, 0.25) is 0 Å². The van der Waals surface area contributed by atoms with Crippen molar-refractivity contribution in [3.8, 4) is 17.3 Å². The van der Waals surface area contributed by atoms with E-state index in [1.54, 1.807) is 24.2 Å². The van der Waals surface area contributed by atoms with Crippen LogP contribution in [0.25, 0.3) is 11.5 Å². The Morgan fingerprint density at radius 1 is 1.11 bits per heavy atom. The summed E-state index contributed by atoms with van der Waals surface area (Å²) in [5.41, 5.74) is 2.19. The lowest BCUT2D eigenvalue weighted by atomic mass is 10.2. The minimum absolute atomic E-state index is 0.216. The molecule has 0 saturated carbocycles. The summed E-state index contributed by atoms with van der Waals surface area (Å²) in [7, 11) is 1.62. The first-order chi connectivity index (χ1) is 13.2. The second kappa shape index (κ2) is 7.36. The molecule has 3 heterocycles. The van der Waals surface area contributed by atoms with Crippen LogP contribution < -0.4 is 4.74 Å². The van der Waals surface area contributed by atoms with Crippen LogP contribution in [0.15, 0.2) is 55.0 Å². The van der Waals surface area contributed by atoms with Crippen LogP contribution in [0.3, 0.4) is 0 Å². The van der Waals surface area contributed by atoms with E-state index in [1.165, 1.54) is 0 Å². The molecule has 0 aliphatic heterocycles. The van der Waals surface area contributed by atoms with Gasteiger partial charge in [0.05, 0.1) is 19.9 Å². The van der Waals surface area contributed by atoms with Gasteiger partial charge in [0, 0.05) is 18.8 Å². The van der Waals surface area contributed by atoms with Gasteiger partial charge in [-0.2, -0.15) is 10.2 Å². The molecule has 0 amide bonds. The van der Waals surface area contributed by atoms with Crippen molar-refractivity contribution < 1.29 is 9.13 Å². The summed E-state index contributed by atoms with van der Waals surface area (Å²) >= 11 is 0. The Morgan fingerprint density at radius 2 is 1.96 bits per heavy atom. The number of hydrogen-bond acceptors (Lipinski definition) is 5. The molecule has 4 aromatic rings. The van der Waals surface area contributed by atoms with Crippen LogP contribution in [0.5, 0.6) is 5.75 Å². The lowest BCUT2D eigenvalue weighted by molar-refractivity contribution is 0.414. The van der Waals surface area contributed by atoms with Gasteiger partial charge in [-0.3, -0.25) is 10.1 Å². The van der Waals surface area contributed by atoms with Crippen molar-refractivity contribution in [2.75, 3.05) is 7.11 Å². The van der Waals surface area contributed by atoms with Gasteiger partial charge in [0.1, 0.15) is 11.4 Å². The van der Waals surface area contributed by atoms with E-state index >= 15 is 0 Å². The van der Waals surface area contributed by atoms with Crippen LogP contribution in [-0.2, 0) is 13.0 Å². The predicted molar refractivity (Wildman–Crippen MR) is 96.7 cm³/mol. The Kier molecular flexibility index (Phi) is 4.61. The van der Waals surface area contributed by atoms with Gasteiger partial charge in [-0.25, -0.2) is 14.1 Å². The summed E-state index contributed by atoms with van der Waals surface area (Å²) < 4.78 is 20.9. The molecule has 27 heavy (non-hydrogen) atoms. The van der Waals surface area contributed by atoms with E-state index < -0.39 is 5.82 Å². The van der Waals surface area contributed by atoms with Gasteiger partial charge >= 0.3 is 0 Å². The van der Waals surface area contributed by atoms with E-state index in [2.05, 4.69) is 25.3 Å². The van der Waals surface area contributed by atoms with Crippen LogP contribution in [0, 0.1) is 5.82 Å². The van der Waals surface area contributed by atoms with E-state index in [9.17, 15) is 4.39 Å². The highest BCUT2D eigenvalue weighted by atomic mass is 19.1. The first-order valence-electron chi connectivity index (χ1n) is 8.37. The summed E-state index contributed by atoms with van der Waals surface area (Å²) in [5, 5.41) is 11.0. The molecule has 0 unspecified atom stereocenters. The highest BCUT2D eigenvalue weighted by Gasteiger charge is 2.18. The summed E-state index contributed by atoms with van der Waals surface area (Å²) in [6.07, 6.45) is 5.11. The van der Waals surface area contributed by atoms with E-state index in [4.69, 9.17) is 4.74 Å². The molecule has 0 saturated heterocycles. The highest BCUT2D eigenvalue weighted by molar-refractivity contribution is 5.50. The minimum atomic E-state index is -0.466. The van der Waals surface area contributed by atoms with Crippen molar-refractivity contribution in [1.82, 2.24) is 29.9 Å². The summed E-state index contributed by atoms with van der Waals surface area (Å²) in [4.78, 5) is 8.63. The molecule has 1 aromatic carbocycles. The molecule has 136 valence electrons. The van der Waals surface area contributed by atoms with Gasteiger partial charge in [0.15, 0.2) is 17.5 Å². The lowest BCUT2D eigenvalue weighted by Gasteiger charge is -2.06. The molecule has 1 N–H and O–H groups in total. The van der Waals surface area contributed by atoms with Gasteiger partial charge in [-0.15, -0.1) is 0 Å². The zero-order chi connectivity index (χ0) is 18.6. The standard InChI is InChI=1S/C19H17FN6O/c1-27-15-6-4-13(5-7-15)12-26-19(18-16(20)11-22-24-18)23-17(25-26)9-14-3-2-8-21-10-14/h2-8,10-11H,9,12H2,1H3,(H,22,24). The summed E-state index contributed by atoms with van der Waals surface area (Å²) in [5.74, 6) is 1.29. The number of aromatic nitrogens is 6. The number of nitrogens with zero attached hydrogens (tertiary/aromatic N) is 5. The Labute approximate surface area is 154 Å². The van der Waals surface area contributed by atoms with Gasteiger partial charge in [-0.05, 0) is 29.3 Å². The largest absolute Gasteiger partial charge is 0.497 e. The molecule has 0 spiro atoms. The third-order valence-corrected chi connectivity index (χ3v) is 4.11. The molecule has 0 aliphatic carbocycles. The van der Waals surface area contributed by atoms with E-state index in [0.717, 1.165) is 23.1 Å². The molecule has 8 heteroatoms. The molecular weight excluding hydrogens is 347 g/mol. The number of methoxy groups -OCH3 is 1. The Hall–Kier alpha value is -3.55. The summed E-state index contributed by atoms with van der Waals surface area (Å²) in [6.45, 7) is 0.442. The third kappa shape index (κ3) is 3.69. The van der Waals surface area contributed by atoms with Gasteiger partial charge < -0.3 is 4.74 Å². The number of aromatic amines is 1. The fraction of sp³-hybridized carbons (Fsp3) is 0.158. The molecule has 0 atom stereocenters. The maximum Gasteiger partial charge on any atom is 0.179 e. The van der Waals surface area contributed by atoms with Crippen LogP contribution in [0.2, 0.25) is 0 Å². The molecule has 0 bridgehead atoms. The predicted octanol–water partition coefficient (Wildman–Crippen LogP) is 2.85. The number of H-pyrrole nitrogens is 1. The second-order valence-corrected chi connectivity index (χ2v) is 5.99. The Balaban J connectivity index is 1.68. The molecule has 0 fully saturated rings. The van der Waals surface area contributed by atoms with Gasteiger partial charge in [-0.1, -0.05) is 18.2 Å². The molecule has 4 rings (SSSR count). The number of nitrogens with one attached hydrogen (secondary N) is 1. The van der Waals surface area contributed by atoms with Crippen LogP contribution in [0.4, 0.5) is 4.39 Å². The van der Waals surface area contributed by atoms with Gasteiger partial charge in [0.25, 0.3) is 0 Å². The smallest absolute Gasteiger partial charge is 0.179 e. The van der Waals surface area contributed by atoms with E-state index in [-0.39, 0.29) is 5.69 Å². The number of benzene rings is 1. The fourth-order valence-electron chi connectivity index (χ4n) is 2.78. The van der Waals surface area contributed by atoms with E-state index in [1.807, 2.05) is 36.4 Å². The maximum atomic E-state index is 14.1. The van der Waals surface area contributed by atoms with Crippen molar-refractivity contribution >= 4 is 0 Å². The Morgan fingerprint density at radius 3 is 2.63 bits per heavy atom. The van der Waals surface area contributed by atoms with Crippen molar-refractivity contribution in [3.63, 3.8) is 0 Å². The van der Waals surface area contributed by atoms with E-state index in [0.29, 0.717) is 24.6 Å². The lowest BCUT2D eigenvalue weighted by Crippen LogP contribution is -2.05. The molecule has 0 radical (unpaired) electrons. The number of pyridine rings is 1. The van der Waals surface area contributed by atoms with Crippen LogP contribution >= 0.6 is 0 Å². The molecule has 3 aromatic heterocycles. The third-order valence-electron chi connectivity index (χ3n) is 4.11. The second-order valence-electron chi connectivity index (χ2n) is 5.99. The number of hydrogen-bond donors (Lipinski definition) is 1. The minimum Gasteiger partial charge on any atom is -0.497 e. The monoisotopic (exact) mass is 364 g/mol. The maximum absolute atomic E-state index is 14.1. The van der Waals surface area contributed by atoms with Crippen LogP contribution in [-0.4, -0.2) is 37.1 Å². The molecular formula is C19H17FN6O. The van der Waals surface area contributed by atoms with Crippen molar-refractivity contribution in [1.29, 1.82) is 0 Å². The van der Waals surface area contributed by atoms with Crippen molar-refractivity contribution in [2.45, 2.75) is 13.0 Å². The highest BCUT2D eigenvalue weighted by Crippen LogP contribution is 2.21. The average Bonchev–Trinajstić information content (AvgIpc) is 3.29. The Bertz CT molecular complexity index is 1030. The zero-order valence-corrected chi connectivity index (χ0v) is 14.6. The quantitative estimate of drug-likeness (QED) is 0.569. The number of halogens is 1. The SMILES string of the molecule is COc1ccc(Cn2nc(Cc3cccnc3)nc2-c2[nH]ncc2F)cc1. The first kappa shape index (κ1) is 16.9. The average molecular weight is 364 g/mol. The number of rotatable bonds is 6. The fourth-order valence-corrected chi connectivity index (χ4v) is 2.78. The van der Waals surface area contributed by atoms with Crippen molar-refractivity contribution in [2.24, 2.45) is 0 Å². The van der Waals surface area contributed by atoms with Crippen molar-refractivity contribution in [3.05, 3.63) is 77.8 Å². The van der Waals surface area contributed by atoms with Crippen LogP contribution in [0.1, 0.15) is 17.0 Å².